The molecule has 4 rings (SSSR count). The summed E-state index contributed by atoms with van der Waals surface area (Å²) < 4.78 is 19.0. The number of hydrogen-bond donors (Lipinski definition) is 1. The number of fused-ring (bicyclic) bond motifs is 1. The van der Waals surface area contributed by atoms with Gasteiger partial charge in [0.15, 0.2) is 0 Å². The van der Waals surface area contributed by atoms with Crippen molar-refractivity contribution >= 4 is 11.9 Å². The van der Waals surface area contributed by atoms with E-state index in [0.717, 1.165) is 18.5 Å². The Balaban J connectivity index is 1.65. The SMILES string of the molecule is COc1ccccc1CN1C(=O)C2CCCNC2N(Cc2cccc(F)c2)C1=O. The zero-order valence-corrected chi connectivity index (χ0v) is 16.3. The number of methoxy groups -OCH3 is 1. The first-order valence-electron chi connectivity index (χ1n) is 9.80. The number of rotatable bonds is 5. The Morgan fingerprint density at radius 1 is 1.14 bits per heavy atom. The number of carbonyl (C=O) groups excluding carboxylic acids is 2. The molecule has 0 aliphatic carbocycles. The third-order valence-electron chi connectivity index (χ3n) is 5.59. The number of piperidine rings is 1. The summed E-state index contributed by atoms with van der Waals surface area (Å²) in [4.78, 5) is 29.4. The van der Waals surface area contributed by atoms with Crippen molar-refractivity contribution < 1.29 is 18.7 Å². The summed E-state index contributed by atoms with van der Waals surface area (Å²) in [6.07, 6.45) is 1.21. The standard InChI is InChI=1S/C22H24FN3O3/c1-29-19-10-3-2-7-16(19)14-26-21(27)18-9-5-11-24-20(18)25(22(26)28)13-15-6-4-8-17(23)12-15/h2-4,6-8,10,12,18,20,24H,5,9,11,13-14H2,1H3. The number of halogens is 1. The molecule has 2 fully saturated rings. The third-order valence-corrected chi connectivity index (χ3v) is 5.59. The van der Waals surface area contributed by atoms with Crippen LogP contribution in [0.1, 0.15) is 24.0 Å². The highest BCUT2D eigenvalue weighted by Gasteiger charge is 2.47. The molecule has 2 heterocycles. The molecule has 3 amide bonds. The van der Waals surface area contributed by atoms with E-state index in [1.807, 2.05) is 24.3 Å². The predicted octanol–water partition coefficient (Wildman–Crippen LogP) is 3.12. The van der Waals surface area contributed by atoms with Crippen molar-refractivity contribution in [1.29, 1.82) is 0 Å². The van der Waals surface area contributed by atoms with Crippen LogP contribution >= 0.6 is 0 Å². The van der Waals surface area contributed by atoms with E-state index < -0.39 is 0 Å². The quantitative estimate of drug-likeness (QED) is 0.842. The lowest BCUT2D eigenvalue weighted by molar-refractivity contribution is -0.142. The second-order valence-corrected chi connectivity index (χ2v) is 7.42. The minimum Gasteiger partial charge on any atom is -0.496 e. The topological polar surface area (TPSA) is 61.9 Å². The van der Waals surface area contributed by atoms with E-state index in [1.54, 1.807) is 24.1 Å². The highest BCUT2D eigenvalue weighted by molar-refractivity contribution is 5.98. The molecule has 2 aliphatic rings. The van der Waals surface area contributed by atoms with Gasteiger partial charge in [-0.1, -0.05) is 30.3 Å². The van der Waals surface area contributed by atoms with Gasteiger partial charge in [0.05, 0.1) is 25.7 Å². The number of carbonyl (C=O) groups is 2. The van der Waals surface area contributed by atoms with Crippen LogP contribution in [0.15, 0.2) is 48.5 Å². The maximum absolute atomic E-state index is 13.7. The highest BCUT2D eigenvalue weighted by Crippen LogP contribution is 2.31. The van der Waals surface area contributed by atoms with Gasteiger partial charge in [0.2, 0.25) is 5.91 Å². The van der Waals surface area contributed by atoms with Gasteiger partial charge in [0, 0.05) is 12.1 Å². The summed E-state index contributed by atoms with van der Waals surface area (Å²) in [6, 6.07) is 13.2. The second kappa shape index (κ2) is 8.21. The molecule has 2 unspecified atom stereocenters. The minimum absolute atomic E-state index is 0.143. The molecular formula is C22H24FN3O3. The fourth-order valence-corrected chi connectivity index (χ4v) is 4.17. The normalized spacial score (nSPS) is 21.9. The Labute approximate surface area is 169 Å². The maximum Gasteiger partial charge on any atom is 0.328 e. The van der Waals surface area contributed by atoms with Crippen LogP contribution in [0.5, 0.6) is 5.75 Å². The van der Waals surface area contributed by atoms with Gasteiger partial charge in [-0.05, 0) is 43.1 Å². The van der Waals surface area contributed by atoms with Crippen LogP contribution in [0, 0.1) is 11.7 Å². The van der Waals surface area contributed by atoms with Gasteiger partial charge in [0.1, 0.15) is 11.6 Å². The summed E-state index contributed by atoms with van der Waals surface area (Å²) in [6.45, 7) is 1.12. The molecule has 29 heavy (non-hydrogen) atoms. The van der Waals surface area contributed by atoms with Gasteiger partial charge in [0.25, 0.3) is 0 Å². The Hall–Kier alpha value is -2.93. The van der Waals surface area contributed by atoms with E-state index in [-0.39, 0.29) is 42.9 Å². The van der Waals surface area contributed by atoms with Crippen LogP contribution in [0.25, 0.3) is 0 Å². The molecule has 152 valence electrons. The lowest BCUT2D eigenvalue weighted by Gasteiger charge is -2.47. The lowest BCUT2D eigenvalue weighted by Crippen LogP contribution is -2.66. The fraction of sp³-hybridized carbons (Fsp3) is 0.364. The first-order chi connectivity index (χ1) is 14.1. The molecule has 7 heteroatoms. The zero-order chi connectivity index (χ0) is 20.4. The van der Waals surface area contributed by atoms with Crippen molar-refractivity contribution in [1.82, 2.24) is 15.1 Å². The third kappa shape index (κ3) is 3.82. The van der Waals surface area contributed by atoms with Crippen LogP contribution in [0.2, 0.25) is 0 Å². The van der Waals surface area contributed by atoms with Gasteiger partial charge in [-0.3, -0.25) is 15.0 Å². The van der Waals surface area contributed by atoms with Crippen molar-refractivity contribution in [2.45, 2.75) is 32.1 Å². The monoisotopic (exact) mass is 397 g/mol. The predicted molar refractivity (Wildman–Crippen MR) is 105 cm³/mol. The van der Waals surface area contributed by atoms with Crippen LogP contribution in [0.3, 0.4) is 0 Å². The Morgan fingerprint density at radius 3 is 2.76 bits per heavy atom. The summed E-state index contributed by atoms with van der Waals surface area (Å²) >= 11 is 0. The Bertz CT molecular complexity index is 920. The Kier molecular flexibility index (Phi) is 5.49. The average molecular weight is 397 g/mol. The number of benzene rings is 2. The van der Waals surface area contributed by atoms with E-state index in [9.17, 15) is 14.0 Å². The molecule has 0 aromatic heterocycles. The molecule has 2 aromatic carbocycles. The van der Waals surface area contributed by atoms with Gasteiger partial charge in [-0.15, -0.1) is 0 Å². The van der Waals surface area contributed by atoms with Crippen molar-refractivity contribution in [2.75, 3.05) is 13.7 Å². The smallest absolute Gasteiger partial charge is 0.328 e. The molecule has 0 saturated carbocycles. The van der Waals surface area contributed by atoms with Crippen molar-refractivity contribution in [2.24, 2.45) is 5.92 Å². The molecule has 0 radical (unpaired) electrons. The van der Waals surface area contributed by atoms with Crippen LogP contribution < -0.4 is 10.1 Å². The number of para-hydroxylation sites is 1. The molecular weight excluding hydrogens is 373 g/mol. The highest BCUT2D eigenvalue weighted by atomic mass is 19.1. The molecule has 0 bridgehead atoms. The average Bonchev–Trinajstić information content (AvgIpc) is 2.74. The number of nitrogens with zero attached hydrogens (tertiary/aromatic N) is 2. The second-order valence-electron chi connectivity index (χ2n) is 7.42. The van der Waals surface area contributed by atoms with E-state index in [1.165, 1.54) is 17.0 Å². The van der Waals surface area contributed by atoms with E-state index in [2.05, 4.69) is 5.32 Å². The van der Waals surface area contributed by atoms with E-state index in [4.69, 9.17) is 4.74 Å². The molecule has 6 nitrogen and oxygen atoms in total. The molecule has 1 N–H and O–H groups in total. The lowest BCUT2D eigenvalue weighted by atomic mass is 9.91. The van der Waals surface area contributed by atoms with Gasteiger partial charge < -0.3 is 9.64 Å². The molecule has 2 aliphatic heterocycles. The minimum atomic E-state index is -0.374. The van der Waals surface area contributed by atoms with Crippen LogP contribution in [0.4, 0.5) is 9.18 Å². The fourth-order valence-electron chi connectivity index (χ4n) is 4.17. The molecule has 2 saturated heterocycles. The van der Waals surface area contributed by atoms with Crippen LogP contribution in [-0.2, 0) is 17.9 Å². The first kappa shape index (κ1) is 19.4. The van der Waals surface area contributed by atoms with Crippen LogP contribution in [-0.4, -0.2) is 41.6 Å². The number of imide groups is 1. The number of amides is 3. The van der Waals surface area contributed by atoms with E-state index >= 15 is 0 Å². The number of nitrogens with one attached hydrogen (secondary N) is 1. The summed E-state index contributed by atoms with van der Waals surface area (Å²) in [7, 11) is 1.57. The molecule has 0 spiro atoms. The van der Waals surface area contributed by atoms with Crippen molar-refractivity contribution in [3.63, 3.8) is 0 Å². The van der Waals surface area contributed by atoms with Crippen molar-refractivity contribution in [3.8, 4) is 5.75 Å². The van der Waals surface area contributed by atoms with Gasteiger partial charge >= 0.3 is 6.03 Å². The largest absolute Gasteiger partial charge is 0.496 e. The Morgan fingerprint density at radius 2 is 1.97 bits per heavy atom. The number of hydrogen-bond acceptors (Lipinski definition) is 4. The number of urea groups is 1. The number of ether oxygens (including phenoxy) is 1. The van der Waals surface area contributed by atoms with Gasteiger partial charge in [-0.25, -0.2) is 9.18 Å². The summed E-state index contributed by atoms with van der Waals surface area (Å²) in [5.74, 6) is -0.200. The zero-order valence-electron chi connectivity index (χ0n) is 16.3. The van der Waals surface area contributed by atoms with E-state index in [0.29, 0.717) is 17.7 Å². The molecule has 2 aromatic rings. The van der Waals surface area contributed by atoms with Gasteiger partial charge in [-0.2, -0.15) is 0 Å². The summed E-state index contributed by atoms with van der Waals surface area (Å²) in [5, 5.41) is 3.31. The summed E-state index contributed by atoms with van der Waals surface area (Å²) in [5.41, 5.74) is 1.46. The first-order valence-corrected chi connectivity index (χ1v) is 9.80. The molecule has 2 atom stereocenters. The van der Waals surface area contributed by atoms with Crippen molar-refractivity contribution in [3.05, 3.63) is 65.5 Å². The maximum atomic E-state index is 13.7.